The minimum Gasteiger partial charge on any atom is -0.232 e. The van der Waals surface area contributed by atoms with Crippen LogP contribution < -0.4 is 4.57 Å². The zero-order valence-corrected chi connectivity index (χ0v) is 19.8. The first kappa shape index (κ1) is 16.5. The molecule has 0 saturated heterocycles. The topological polar surface area (TPSA) is 8.81 Å². The summed E-state index contributed by atoms with van der Waals surface area (Å²) in [6, 6.07) is 21.2. The van der Waals surface area contributed by atoms with Crippen molar-refractivity contribution < 1.29 is 11.4 Å². The van der Waals surface area contributed by atoms with Gasteiger partial charge in [0.15, 0.2) is 5.69 Å². The Morgan fingerprint density at radius 2 is 1.53 bits per heavy atom. The van der Waals surface area contributed by atoms with Crippen LogP contribution in [0.2, 0.25) is 0 Å². The molecule has 0 atom stereocenters. The van der Waals surface area contributed by atoms with Gasteiger partial charge in [-0.05, 0) is 37.2 Å². The molecule has 2 heteroatoms. The molecule has 0 aliphatic rings. The van der Waals surface area contributed by atoms with E-state index in [1.807, 2.05) is 88.7 Å². The van der Waals surface area contributed by atoms with E-state index in [0.717, 1.165) is 45.0 Å². The first-order chi connectivity index (χ1) is 17.1. The molecule has 0 radical (unpaired) electrons. The van der Waals surface area contributed by atoms with Crippen LogP contribution in [0.1, 0.15) is 68.6 Å². The highest BCUT2D eigenvalue weighted by Crippen LogP contribution is 2.38. The van der Waals surface area contributed by atoms with Gasteiger partial charge in [-0.3, -0.25) is 0 Å². The summed E-state index contributed by atoms with van der Waals surface area (Å²) in [6.45, 7) is 7.22. The Morgan fingerprint density at radius 3 is 2.09 bits per heavy atom. The first-order valence-corrected chi connectivity index (χ1v) is 11.0. The van der Waals surface area contributed by atoms with Gasteiger partial charge >= 0.3 is 0 Å². The van der Waals surface area contributed by atoms with Gasteiger partial charge in [0.2, 0.25) is 0 Å². The van der Waals surface area contributed by atoms with E-state index in [1.165, 1.54) is 0 Å². The average Bonchev–Trinajstić information content (AvgIpc) is 3.14. The quantitative estimate of drug-likeness (QED) is 0.291. The van der Waals surface area contributed by atoms with Crippen LogP contribution in [0.5, 0.6) is 0 Å². The summed E-state index contributed by atoms with van der Waals surface area (Å²) in [5, 5.41) is 0. The van der Waals surface area contributed by atoms with Crippen LogP contribution >= 0.6 is 0 Å². The summed E-state index contributed by atoms with van der Waals surface area (Å²) < 4.78 is 45.8. The van der Waals surface area contributed by atoms with E-state index in [2.05, 4.69) is 22.9 Å². The SMILES string of the molecule is [2H]C([2H])([2H])c1ccc(-c2n(-c3c(C([2H])(C)C)cccc3C([2H])(C)C)c(-c3ccccc3)c[n+]2C)c(C)c1. The van der Waals surface area contributed by atoms with Crippen molar-refractivity contribution in [3.05, 3.63) is 95.2 Å². The van der Waals surface area contributed by atoms with Crippen molar-refractivity contribution in [2.24, 2.45) is 7.05 Å². The number of hydrogen-bond acceptors (Lipinski definition) is 0. The molecule has 1 heterocycles. The molecule has 1 aromatic heterocycles. The van der Waals surface area contributed by atoms with E-state index < -0.39 is 18.6 Å². The summed E-state index contributed by atoms with van der Waals surface area (Å²) >= 11 is 0. The zero-order valence-electron chi connectivity index (χ0n) is 24.8. The second-order valence-electron chi connectivity index (χ2n) is 8.88. The Morgan fingerprint density at radius 1 is 0.875 bits per heavy atom. The molecule has 0 aliphatic carbocycles. The van der Waals surface area contributed by atoms with E-state index in [4.69, 9.17) is 6.85 Å². The second kappa shape index (κ2) is 8.78. The maximum absolute atomic E-state index is 9.02. The lowest BCUT2D eigenvalue weighted by molar-refractivity contribution is -0.659. The standard InChI is InChI=1S/C30H35N2/c1-20(2)25-14-11-15-26(21(3)4)29(25)32-28(24-12-9-8-10-13-24)19-31(7)30(32)27-17-16-22(5)18-23(27)6/h8-21H,1-7H3/q+1/i5D3,20D,21D. The Kier molecular flexibility index (Phi) is 4.53. The van der Waals surface area contributed by atoms with E-state index in [0.29, 0.717) is 5.56 Å². The van der Waals surface area contributed by atoms with Crippen molar-refractivity contribution in [3.63, 3.8) is 0 Å². The fourth-order valence-electron chi connectivity index (χ4n) is 4.43. The summed E-state index contributed by atoms with van der Waals surface area (Å²) in [4.78, 5) is 0. The van der Waals surface area contributed by atoms with Gasteiger partial charge in [-0.15, -0.1) is 0 Å². The second-order valence-corrected chi connectivity index (χ2v) is 8.88. The molecule has 0 spiro atoms. The van der Waals surface area contributed by atoms with Crippen molar-refractivity contribution in [1.82, 2.24) is 4.57 Å². The molecule has 32 heavy (non-hydrogen) atoms. The van der Waals surface area contributed by atoms with Crippen molar-refractivity contribution in [2.75, 3.05) is 0 Å². The van der Waals surface area contributed by atoms with Crippen LogP contribution in [0.25, 0.3) is 28.3 Å². The van der Waals surface area contributed by atoms with Crippen molar-refractivity contribution in [2.45, 2.75) is 53.3 Å². The number of aromatic nitrogens is 2. The fraction of sp³-hybridized carbons (Fsp3) is 0.300. The summed E-state index contributed by atoms with van der Waals surface area (Å²) in [7, 11) is 1.98. The fourth-order valence-corrected chi connectivity index (χ4v) is 4.43. The van der Waals surface area contributed by atoms with E-state index in [-0.39, 0.29) is 0 Å². The van der Waals surface area contributed by atoms with Gasteiger partial charge in [0.1, 0.15) is 11.9 Å². The van der Waals surface area contributed by atoms with Crippen molar-refractivity contribution in [1.29, 1.82) is 0 Å². The molecule has 0 bridgehead atoms. The van der Waals surface area contributed by atoms with E-state index in [9.17, 15) is 0 Å². The van der Waals surface area contributed by atoms with Crippen LogP contribution in [0.3, 0.4) is 0 Å². The molecular formula is C30H35N2+. The minimum atomic E-state index is -2.19. The minimum absolute atomic E-state index is 0.304. The van der Waals surface area contributed by atoms with Crippen LogP contribution in [0, 0.1) is 13.8 Å². The monoisotopic (exact) mass is 428 g/mol. The predicted molar refractivity (Wildman–Crippen MR) is 135 cm³/mol. The number of hydrogen-bond donors (Lipinski definition) is 0. The molecule has 164 valence electrons. The largest absolute Gasteiger partial charge is 0.294 e. The third-order valence-electron chi connectivity index (χ3n) is 5.98. The molecule has 2 nitrogen and oxygen atoms in total. The molecule has 0 unspecified atom stereocenters. The van der Waals surface area contributed by atoms with Gasteiger partial charge in [-0.2, -0.15) is 4.57 Å². The third-order valence-corrected chi connectivity index (χ3v) is 5.98. The molecule has 4 rings (SSSR count). The van der Waals surface area contributed by atoms with Crippen LogP contribution in [-0.2, 0) is 7.05 Å². The van der Waals surface area contributed by atoms with Gasteiger partial charge < -0.3 is 0 Å². The molecule has 4 aromatic rings. The van der Waals surface area contributed by atoms with Gasteiger partial charge in [0.25, 0.3) is 5.82 Å². The molecule has 3 aromatic carbocycles. The van der Waals surface area contributed by atoms with E-state index >= 15 is 0 Å². The van der Waals surface area contributed by atoms with Crippen molar-refractivity contribution >= 4 is 0 Å². The Labute approximate surface area is 200 Å². The summed E-state index contributed by atoms with van der Waals surface area (Å²) in [6.07, 6.45) is 2.07. The van der Waals surface area contributed by atoms with Crippen molar-refractivity contribution in [3.8, 4) is 28.3 Å². The lowest BCUT2D eigenvalue weighted by Crippen LogP contribution is -2.29. The predicted octanol–water partition coefficient (Wildman–Crippen LogP) is 7.50. The third kappa shape index (κ3) is 3.90. The van der Waals surface area contributed by atoms with Gasteiger partial charge in [0, 0.05) is 23.5 Å². The molecule has 0 amide bonds. The Balaban J connectivity index is 2.18. The molecule has 0 saturated carbocycles. The highest BCUT2D eigenvalue weighted by Gasteiger charge is 2.31. The smallest absolute Gasteiger partial charge is 0.232 e. The van der Waals surface area contributed by atoms with Crippen LogP contribution in [-0.4, -0.2) is 4.57 Å². The van der Waals surface area contributed by atoms with E-state index in [1.54, 1.807) is 12.1 Å². The zero-order chi connectivity index (χ0) is 27.3. The summed E-state index contributed by atoms with van der Waals surface area (Å²) in [5.74, 6) is -0.994. The summed E-state index contributed by atoms with van der Waals surface area (Å²) in [5.41, 5.74) is 6.43. The van der Waals surface area contributed by atoms with Gasteiger partial charge in [-0.25, -0.2) is 4.57 Å². The molecular weight excluding hydrogens is 388 g/mol. The van der Waals surface area contributed by atoms with Crippen LogP contribution in [0.15, 0.2) is 72.9 Å². The van der Waals surface area contributed by atoms with Crippen LogP contribution in [0.4, 0.5) is 0 Å². The average molecular weight is 429 g/mol. The number of rotatable bonds is 5. The number of imidazole rings is 1. The maximum Gasteiger partial charge on any atom is 0.294 e. The lowest BCUT2D eigenvalue weighted by Gasteiger charge is -2.19. The normalized spacial score (nSPS) is 14.9. The number of para-hydroxylation sites is 1. The first-order valence-electron chi connectivity index (χ1n) is 13.5. The highest BCUT2D eigenvalue weighted by atomic mass is 15.2. The molecule has 0 fully saturated rings. The lowest BCUT2D eigenvalue weighted by atomic mass is 9.92. The Bertz CT molecular complexity index is 1400. The van der Waals surface area contributed by atoms with Gasteiger partial charge in [0.05, 0.1) is 12.6 Å². The highest BCUT2D eigenvalue weighted by molar-refractivity contribution is 5.71. The Hall–Kier alpha value is -3.13. The maximum atomic E-state index is 9.02. The van der Waals surface area contributed by atoms with Gasteiger partial charge in [-0.1, -0.05) is 93.9 Å². The number of nitrogens with zero attached hydrogens (tertiary/aromatic N) is 2. The molecule has 0 aliphatic heterocycles. The number of aryl methyl sites for hydroxylation is 3. The number of benzene rings is 3. The molecule has 0 N–H and O–H groups in total.